The average Bonchev–Trinajstić information content (AvgIpc) is 2.42. The van der Waals surface area contributed by atoms with Crippen LogP contribution in [0.3, 0.4) is 0 Å². The van der Waals surface area contributed by atoms with E-state index in [9.17, 15) is 0 Å². The van der Waals surface area contributed by atoms with Crippen molar-refractivity contribution in [3.8, 4) is 0 Å². The minimum Gasteiger partial charge on any atom is -0.182 e. The molecule has 0 nitrogen and oxygen atoms in total. The fourth-order valence-corrected chi connectivity index (χ4v) is 3.34. The molecule has 0 aliphatic carbocycles. The molecule has 0 unspecified atom stereocenters. The second-order valence-corrected chi connectivity index (χ2v) is 6.62. The molecule has 0 bridgehead atoms. The van der Waals surface area contributed by atoms with Gasteiger partial charge in [-0.05, 0) is 33.3 Å². The zero-order valence-corrected chi connectivity index (χ0v) is 20.9. The first-order valence-electron chi connectivity index (χ1n) is 7.75. The summed E-state index contributed by atoms with van der Waals surface area (Å²) in [5.41, 5.74) is 12.4. The molecule has 22 heavy (non-hydrogen) atoms. The van der Waals surface area contributed by atoms with Crippen LogP contribution in [0.4, 0.5) is 0 Å². The summed E-state index contributed by atoms with van der Waals surface area (Å²) in [6.07, 6.45) is 3.62. The van der Waals surface area contributed by atoms with Crippen molar-refractivity contribution in [3.05, 3.63) is 56.2 Å². The second-order valence-electron chi connectivity index (χ2n) is 6.62. The van der Waals surface area contributed by atoms with Crippen molar-refractivity contribution < 1.29 is 58.2 Å². The van der Waals surface area contributed by atoms with Crippen molar-refractivity contribution >= 4 is 10.8 Å². The number of allylic oxidation sites excluding steroid dienone is 1. The number of hydrogen-bond acceptors (Lipinski definition) is 0. The van der Waals surface area contributed by atoms with Crippen LogP contribution < -0.4 is 58.2 Å². The van der Waals surface area contributed by atoms with Crippen LogP contribution in [0.5, 0.6) is 0 Å². The van der Waals surface area contributed by atoms with Crippen LogP contribution in [0.25, 0.3) is 10.8 Å². The van der Waals surface area contributed by atoms with E-state index in [1.807, 2.05) is 0 Å². The Kier molecular flexibility index (Phi) is 6.85. The monoisotopic (exact) mass is 364 g/mol. The zero-order valence-electron chi connectivity index (χ0n) is 16.0. The zero-order chi connectivity index (χ0) is 16.1. The van der Waals surface area contributed by atoms with Gasteiger partial charge in [0.05, 0.1) is 0 Å². The van der Waals surface area contributed by atoms with E-state index in [1.165, 1.54) is 60.9 Å². The molecular formula is C21H27Rb. The molecule has 0 saturated carbocycles. The molecule has 0 heterocycles. The van der Waals surface area contributed by atoms with Crippen LogP contribution in [0.2, 0.25) is 0 Å². The molecule has 0 amide bonds. The molecule has 2 aromatic rings. The van der Waals surface area contributed by atoms with E-state index in [1.54, 1.807) is 0 Å². The van der Waals surface area contributed by atoms with Gasteiger partial charge in [0.25, 0.3) is 0 Å². The van der Waals surface area contributed by atoms with Crippen molar-refractivity contribution in [1.29, 1.82) is 0 Å². The van der Waals surface area contributed by atoms with Gasteiger partial charge in [0.2, 0.25) is 0 Å². The minimum atomic E-state index is 0. The molecule has 0 N–H and O–H groups in total. The van der Waals surface area contributed by atoms with Crippen LogP contribution in [0.15, 0.2) is 5.57 Å². The molecular weight excluding hydrogens is 338 g/mol. The standard InChI is InChI=1S/C21H27.Rb/c1-11(2)10-19-15(6)14(5)17(8)20-16(7)12(3)13(4)18(9)21(19)20;/h1-9H3;/q-1;+1. The fourth-order valence-electron chi connectivity index (χ4n) is 3.34. The first-order valence-corrected chi connectivity index (χ1v) is 7.75. The van der Waals surface area contributed by atoms with Gasteiger partial charge in [0, 0.05) is 0 Å². The number of fused-ring (bicyclic) bond motifs is 1. The van der Waals surface area contributed by atoms with Crippen LogP contribution in [-0.4, -0.2) is 0 Å². The summed E-state index contributed by atoms with van der Waals surface area (Å²) in [4.78, 5) is 0. The largest absolute Gasteiger partial charge is 1.00 e. The first-order chi connectivity index (χ1) is 9.68. The first kappa shape index (κ1) is 20.3. The number of benzene rings is 2. The third-order valence-electron chi connectivity index (χ3n) is 5.19. The van der Waals surface area contributed by atoms with E-state index < -0.39 is 0 Å². The maximum Gasteiger partial charge on any atom is 1.00 e. The second kappa shape index (κ2) is 7.43. The van der Waals surface area contributed by atoms with Crippen LogP contribution in [-0.2, 0) is 0 Å². The average molecular weight is 365 g/mol. The van der Waals surface area contributed by atoms with Crippen molar-refractivity contribution in [2.75, 3.05) is 0 Å². The van der Waals surface area contributed by atoms with Gasteiger partial charge < -0.3 is 0 Å². The molecule has 0 aliphatic heterocycles. The van der Waals surface area contributed by atoms with E-state index in [0.29, 0.717) is 0 Å². The summed E-state index contributed by atoms with van der Waals surface area (Å²) < 4.78 is 0. The SMILES string of the molecule is CC(C)=[C-]c1c(C)c(C)c(C)c2c(C)c(C)c(C)c(C)c12.[Rb+]. The summed E-state index contributed by atoms with van der Waals surface area (Å²) >= 11 is 0. The Labute approximate surface area is 185 Å². The Morgan fingerprint density at radius 2 is 0.909 bits per heavy atom. The summed E-state index contributed by atoms with van der Waals surface area (Å²) in [5, 5.41) is 2.83. The van der Waals surface area contributed by atoms with Gasteiger partial charge in [-0.25, -0.2) is 0 Å². The third-order valence-corrected chi connectivity index (χ3v) is 5.19. The van der Waals surface area contributed by atoms with Gasteiger partial charge in [-0.1, -0.05) is 62.3 Å². The van der Waals surface area contributed by atoms with Crippen molar-refractivity contribution in [2.24, 2.45) is 0 Å². The third kappa shape index (κ3) is 3.22. The summed E-state index contributed by atoms with van der Waals surface area (Å²) in [6, 6.07) is 0. The van der Waals surface area contributed by atoms with E-state index in [0.717, 1.165) is 0 Å². The quantitative estimate of drug-likeness (QED) is 0.682. The minimum absolute atomic E-state index is 0. The summed E-state index contributed by atoms with van der Waals surface area (Å²) in [5.74, 6) is 0. The number of aryl methyl sites for hydroxylation is 3. The van der Waals surface area contributed by atoms with Crippen molar-refractivity contribution in [1.82, 2.24) is 0 Å². The molecule has 0 spiro atoms. The Morgan fingerprint density at radius 1 is 0.545 bits per heavy atom. The van der Waals surface area contributed by atoms with E-state index in [2.05, 4.69) is 68.4 Å². The van der Waals surface area contributed by atoms with Gasteiger partial charge in [-0.2, -0.15) is 11.6 Å². The Balaban J connectivity index is 0.00000242. The predicted octanol–water partition coefficient (Wildman–Crippen LogP) is 3.12. The van der Waals surface area contributed by atoms with Gasteiger partial charge in [-0.3, -0.25) is 0 Å². The normalized spacial score (nSPS) is 10.6. The fraction of sp³-hybridized carbons (Fsp3) is 0.429. The van der Waals surface area contributed by atoms with E-state index in [-0.39, 0.29) is 58.2 Å². The molecule has 0 fully saturated rings. The molecule has 0 aromatic heterocycles. The van der Waals surface area contributed by atoms with Crippen LogP contribution in [0, 0.1) is 54.5 Å². The molecule has 0 atom stereocenters. The molecule has 2 rings (SSSR count). The summed E-state index contributed by atoms with van der Waals surface area (Å²) in [7, 11) is 0. The molecule has 112 valence electrons. The maximum atomic E-state index is 3.62. The van der Waals surface area contributed by atoms with Crippen LogP contribution in [0.1, 0.15) is 58.4 Å². The van der Waals surface area contributed by atoms with Gasteiger partial charge in [0.1, 0.15) is 0 Å². The van der Waals surface area contributed by atoms with E-state index in [4.69, 9.17) is 0 Å². The van der Waals surface area contributed by atoms with Gasteiger partial charge >= 0.3 is 58.2 Å². The van der Waals surface area contributed by atoms with Crippen LogP contribution >= 0.6 is 0 Å². The Morgan fingerprint density at radius 3 is 1.32 bits per heavy atom. The van der Waals surface area contributed by atoms with Gasteiger partial charge in [0.15, 0.2) is 0 Å². The smallest absolute Gasteiger partial charge is 0.182 e. The van der Waals surface area contributed by atoms with E-state index >= 15 is 0 Å². The molecule has 0 radical (unpaired) electrons. The predicted molar refractivity (Wildman–Crippen MR) is 94.3 cm³/mol. The topological polar surface area (TPSA) is 0 Å². The maximum absolute atomic E-state index is 3.62. The number of rotatable bonds is 1. The molecule has 2 aromatic carbocycles. The molecule has 0 aliphatic rings. The molecule has 0 saturated heterocycles. The molecule has 1 heteroatoms. The number of hydrogen-bond donors (Lipinski definition) is 0. The van der Waals surface area contributed by atoms with Crippen molar-refractivity contribution in [3.63, 3.8) is 0 Å². The Hall–Kier alpha value is 0.245. The summed E-state index contributed by atoms with van der Waals surface area (Å²) in [6.45, 7) is 20.0. The van der Waals surface area contributed by atoms with Crippen molar-refractivity contribution in [2.45, 2.75) is 62.3 Å². The van der Waals surface area contributed by atoms with Gasteiger partial charge in [-0.15, -0.1) is 22.1 Å². The Bertz CT molecular complexity index is 765.